The Morgan fingerprint density at radius 3 is 2.75 bits per heavy atom. The molecule has 4 N–H and O–H groups in total. The molecule has 2 bridgehead atoms. The Morgan fingerprint density at radius 1 is 1.18 bits per heavy atom. The second-order valence-corrected chi connectivity index (χ2v) is 10.8. The topological polar surface area (TPSA) is 147 Å². The predicted molar refractivity (Wildman–Crippen MR) is 162 cm³/mol. The summed E-state index contributed by atoms with van der Waals surface area (Å²) >= 11 is 5.95. The van der Waals surface area contributed by atoms with Gasteiger partial charge >= 0.3 is 6.09 Å². The van der Waals surface area contributed by atoms with E-state index in [0.717, 1.165) is 0 Å². The van der Waals surface area contributed by atoms with Crippen LogP contribution < -0.4 is 16.0 Å². The average molecular weight is 621 g/mol. The zero-order valence-corrected chi connectivity index (χ0v) is 24.9. The minimum atomic E-state index is -1.04. The van der Waals surface area contributed by atoms with Crippen LogP contribution in [0, 0.1) is 18.7 Å². The molecule has 2 aromatic carbocycles. The molecule has 11 nitrogen and oxygen atoms in total. The van der Waals surface area contributed by atoms with Gasteiger partial charge in [0.25, 0.3) is 5.91 Å². The van der Waals surface area contributed by atoms with Crippen molar-refractivity contribution in [2.45, 2.75) is 38.8 Å². The zero-order chi connectivity index (χ0) is 31.5. The number of carbonyl (C=O) groups excluding carboxylic acids is 3. The molecule has 0 spiro atoms. The van der Waals surface area contributed by atoms with Crippen LogP contribution in [0.3, 0.4) is 0 Å². The maximum Gasteiger partial charge on any atom is 0.411 e. The number of pyridine rings is 1. The molecular weight excluding hydrogens is 591 g/mol. The first-order chi connectivity index (χ1) is 21.1. The van der Waals surface area contributed by atoms with Crippen LogP contribution >= 0.6 is 11.6 Å². The number of ether oxygens (including phenoxy) is 1. The molecule has 0 radical (unpaired) electrons. The molecule has 4 aromatic rings. The summed E-state index contributed by atoms with van der Waals surface area (Å²) < 4.78 is 20.7. The van der Waals surface area contributed by atoms with E-state index >= 15 is 0 Å². The van der Waals surface area contributed by atoms with Crippen LogP contribution in [-0.4, -0.2) is 51.0 Å². The number of anilines is 2. The largest absolute Gasteiger partial charge is 0.453 e. The molecule has 0 saturated heterocycles. The van der Waals surface area contributed by atoms with Crippen LogP contribution in [0.4, 0.5) is 20.6 Å². The summed E-state index contributed by atoms with van der Waals surface area (Å²) in [6, 6.07) is 12.4. The van der Waals surface area contributed by atoms with Gasteiger partial charge in [0.2, 0.25) is 5.91 Å². The zero-order valence-electron chi connectivity index (χ0n) is 24.1. The van der Waals surface area contributed by atoms with E-state index in [4.69, 9.17) is 11.6 Å². The molecule has 5 rings (SSSR count). The fraction of sp³-hybridized carbons (Fsp3) is 0.258. The van der Waals surface area contributed by atoms with Crippen LogP contribution in [0.15, 0.2) is 60.9 Å². The van der Waals surface area contributed by atoms with Crippen molar-refractivity contribution < 1.29 is 28.6 Å². The van der Waals surface area contributed by atoms with Gasteiger partial charge in [-0.25, -0.2) is 13.9 Å². The van der Waals surface area contributed by atoms with Crippen LogP contribution in [-0.2, 0) is 9.53 Å². The second kappa shape index (κ2) is 12.8. The van der Waals surface area contributed by atoms with Gasteiger partial charge in [-0.1, -0.05) is 30.7 Å². The molecule has 3 atom stereocenters. The number of methoxy groups -OCH3 is 1. The van der Waals surface area contributed by atoms with E-state index in [0.29, 0.717) is 33.9 Å². The van der Waals surface area contributed by atoms with E-state index < -0.39 is 41.8 Å². The van der Waals surface area contributed by atoms with Crippen LogP contribution in [0.2, 0.25) is 5.02 Å². The summed E-state index contributed by atoms with van der Waals surface area (Å²) in [5.41, 5.74) is 3.37. The van der Waals surface area contributed by atoms with Gasteiger partial charge in [0.15, 0.2) is 5.82 Å². The molecular formula is C31H30ClFN6O5. The Hall–Kier alpha value is -4.81. The number of carbonyl (C=O) groups is 3. The standard InChI is InChI=1S/C31H30ClFN6O5/c1-16-27(40)10-9-23(37-30(42)21-15-35-39(17(21)2)26-6-4-5-22(32)28(26)33)25-13-18(11-12-34-25)20-8-7-19(36-31(43)44-3)14-24(20)38-29(16)41/h4-8,11-16,23,27,40H,9-10H2,1-3H3,(H,36,43)(H,37,42)(H,38,41)/t16-,23+,27?/m1/s1. The Balaban J connectivity index is 1.50. The fourth-order valence-corrected chi connectivity index (χ4v) is 5.19. The lowest BCUT2D eigenvalue weighted by Crippen LogP contribution is -2.34. The number of hydrogen-bond donors (Lipinski definition) is 4. The number of halogens is 2. The number of benzene rings is 2. The van der Waals surface area contributed by atoms with E-state index in [2.05, 4.69) is 30.8 Å². The molecule has 0 aliphatic carbocycles. The molecule has 228 valence electrons. The molecule has 1 unspecified atom stereocenters. The monoisotopic (exact) mass is 620 g/mol. The first-order valence-electron chi connectivity index (χ1n) is 13.8. The molecule has 13 heteroatoms. The Bertz CT molecular complexity index is 1740. The fourth-order valence-electron chi connectivity index (χ4n) is 5.02. The number of nitrogens with one attached hydrogen (secondary N) is 3. The molecule has 1 aliphatic heterocycles. The SMILES string of the molecule is COC(=O)Nc1ccc2c(c1)NC(=O)[C@H](C)C(O)CC[C@H](NC(=O)c1cnn(-c3cccc(Cl)c3F)c1C)c1cc-2ccn1. The molecule has 3 heterocycles. The number of hydrogen-bond acceptors (Lipinski definition) is 7. The van der Waals surface area contributed by atoms with Crippen molar-refractivity contribution in [3.05, 3.63) is 88.7 Å². The first kappa shape index (κ1) is 30.6. The number of amides is 3. The normalized spacial score (nSPS) is 18.2. The number of aliphatic hydroxyl groups excluding tert-OH is 1. The Labute approximate surface area is 257 Å². The van der Waals surface area contributed by atoms with E-state index in [1.165, 1.54) is 30.1 Å². The van der Waals surface area contributed by atoms with Gasteiger partial charge in [0.05, 0.1) is 59.0 Å². The number of rotatable bonds is 4. The van der Waals surface area contributed by atoms with E-state index in [1.807, 2.05) is 0 Å². The second-order valence-electron chi connectivity index (χ2n) is 10.4. The summed E-state index contributed by atoms with van der Waals surface area (Å²) in [6.07, 6.45) is 1.68. The average Bonchev–Trinajstić information content (AvgIpc) is 3.40. The summed E-state index contributed by atoms with van der Waals surface area (Å²) in [5.74, 6) is -2.34. The number of fused-ring (bicyclic) bond motifs is 4. The smallest absolute Gasteiger partial charge is 0.411 e. The maximum atomic E-state index is 14.7. The minimum Gasteiger partial charge on any atom is -0.453 e. The molecule has 2 aromatic heterocycles. The van der Waals surface area contributed by atoms with Crippen LogP contribution in [0.25, 0.3) is 16.8 Å². The highest BCUT2D eigenvalue weighted by Crippen LogP contribution is 2.34. The predicted octanol–water partition coefficient (Wildman–Crippen LogP) is 5.41. The van der Waals surface area contributed by atoms with Gasteiger partial charge < -0.3 is 20.5 Å². The Kier molecular flexibility index (Phi) is 8.93. The highest BCUT2D eigenvalue weighted by Gasteiger charge is 2.28. The summed E-state index contributed by atoms with van der Waals surface area (Å²) in [7, 11) is 1.24. The van der Waals surface area contributed by atoms with Crippen molar-refractivity contribution in [3.63, 3.8) is 0 Å². The van der Waals surface area contributed by atoms with E-state index in [-0.39, 0.29) is 29.1 Å². The molecule has 3 amide bonds. The number of aromatic nitrogens is 3. The summed E-state index contributed by atoms with van der Waals surface area (Å²) in [4.78, 5) is 43.0. The molecule has 0 saturated carbocycles. The van der Waals surface area contributed by atoms with Crippen LogP contribution in [0.1, 0.15) is 47.6 Å². The van der Waals surface area contributed by atoms with Gasteiger partial charge in [0.1, 0.15) is 5.69 Å². The third kappa shape index (κ3) is 6.26. The van der Waals surface area contributed by atoms with Crippen molar-refractivity contribution >= 4 is 40.9 Å². The quantitative estimate of drug-likeness (QED) is 0.238. The van der Waals surface area contributed by atoms with Gasteiger partial charge in [-0.3, -0.25) is 19.9 Å². The molecule has 0 fully saturated rings. The molecule has 44 heavy (non-hydrogen) atoms. The van der Waals surface area contributed by atoms with Crippen molar-refractivity contribution in [2.24, 2.45) is 5.92 Å². The van der Waals surface area contributed by atoms with Crippen molar-refractivity contribution in [1.29, 1.82) is 0 Å². The lowest BCUT2D eigenvalue weighted by Gasteiger charge is -2.25. The number of nitrogens with zero attached hydrogens (tertiary/aromatic N) is 3. The van der Waals surface area contributed by atoms with Gasteiger partial charge in [-0.15, -0.1) is 0 Å². The summed E-state index contributed by atoms with van der Waals surface area (Å²) in [5, 5.41) is 23.5. The van der Waals surface area contributed by atoms with Crippen LogP contribution in [0.5, 0.6) is 0 Å². The summed E-state index contributed by atoms with van der Waals surface area (Å²) in [6.45, 7) is 3.26. The molecule has 1 aliphatic rings. The minimum absolute atomic E-state index is 0.0680. The van der Waals surface area contributed by atoms with Crippen molar-refractivity contribution in [2.75, 3.05) is 17.7 Å². The van der Waals surface area contributed by atoms with E-state index in [9.17, 15) is 23.9 Å². The Morgan fingerprint density at radius 2 is 1.98 bits per heavy atom. The maximum absolute atomic E-state index is 14.7. The first-order valence-corrected chi connectivity index (χ1v) is 14.2. The van der Waals surface area contributed by atoms with Gasteiger partial charge in [0, 0.05) is 17.4 Å². The van der Waals surface area contributed by atoms with E-state index in [1.54, 1.807) is 56.4 Å². The number of aliphatic hydroxyl groups is 1. The lowest BCUT2D eigenvalue weighted by atomic mass is 9.93. The van der Waals surface area contributed by atoms with Gasteiger partial charge in [-0.2, -0.15) is 5.10 Å². The van der Waals surface area contributed by atoms with Gasteiger partial charge in [-0.05, 0) is 61.7 Å². The highest BCUT2D eigenvalue weighted by atomic mass is 35.5. The third-order valence-corrected chi connectivity index (χ3v) is 7.91. The van der Waals surface area contributed by atoms with Crippen molar-refractivity contribution in [1.82, 2.24) is 20.1 Å². The lowest BCUT2D eigenvalue weighted by molar-refractivity contribution is -0.122. The van der Waals surface area contributed by atoms with Crippen molar-refractivity contribution in [3.8, 4) is 16.8 Å². The highest BCUT2D eigenvalue weighted by molar-refractivity contribution is 6.30. The third-order valence-electron chi connectivity index (χ3n) is 7.62.